The molecule has 1 aromatic carbocycles. The van der Waals surface area contributed by atoms with Gasteiger partial charge in [-0.15, -0.1) is 0 Å². The number of ether oxygens (including phenoxy) is 1. The van der Waals surface area contributed by atoms with Crippen molar-refractivity contribution < 1.29 is 28.6 Å². The molecule has 7 nitrogen and oxygen atoms in total. The van der Waals surface area contributed by atoms with Gasteiger partial charge in [-0.25, -0.2) is 0 Å². The number of fused-ring (bicyclic) bond motifs is 1. The molecule has 1 aromatic heterocycles. The quantitative estimate of drug-likeness (QED) is 0.627. The van der Waals surface area contributed by atoms with Crippen LogP contribution in [-0.4, -0.2) is 35.9 Å². The molecule has 1 N–H and O–H groups in total. The van der Waals surface area contributed by atoms with E-state index < -0.39 is 29.7 Å². The van der Waals surface area contributed by atoms with Crippen molar-refractivity contribution in [1.29, 1.82) is 0 Å². The van der Waals surface area contributed by atoms with E-state index in [1.807, 2.05) is 0 Å². The number of rotatable bonds is 6. The number of amides is 1. The van der Waals surface area contributed by atoms with Gasteiger partial charge in [-0.05, 0) is 32.0 Å². The lowest BCUT2D eigenvalue weighted by Crippen LogP contribution is -2.44. The molecule has 136 valence electrons. The zero-order valence-corrected chi connectivity index (χ0v) is 14.5. The molecule has 26 heavy (non-hydrogen) atoms. The highest BCUT2D eigenvalue weighted by molar-refractivity contribution is 6.12. The molecule has 0 saturated heterocycles. The molecule has 2 heterocycles. The highest BCUT2D eigenvalue weighted by Crippen LogP contribution is 2.42. The predicted molar refractivity (Wildman–Crippen MR) is 91.7 cm³/mol. The second kappa shape index (κ2) is 6.76. The third-order valence-corrected chi connectivity index (χ3v) is 4.26. The second-order valence-electron chi connectivity index (χ2n) is 6.08. The SMILES string of the molecule is CCOC(=O)CN1C(=O)C(O)(CC(=O)c2ccc(C)o2)c2ccccc21. The van der Waals surface area contributed by atoms with Gasteiger partial charge in [0.15, 0.2) is 11.4 Å². The second-order valence-corrected chi connectivity index (χ2v) is 6.08. The summed E-state index contributed by atoms with van der Waals surface area (Å²) in [5.41, 5.74) is -1.39. The van der Waals surface area contributed by atoms with Crippen molar-refractivity contribution in [3.63, 3.8) is 0 Å². The van der Waals surface area contributed by atoms with Crippen LogP contribution in [0.25, 0.3) is 0 Å². The Kier molecular flexibility index (Phi) is 4.65. The Morgan fingerprint density at radius 1 is 1.23 bits per heavy atom. The predicted octanol–water partition coefficient (Wildman–Crippen LogP) is 1.96. The first-order chi connectivity index (χ1) is 12.4. The Morgan fingerprint density at radius 3 is 2.62 bits per heavy atom. The van der Waals surface area contributed by atoms with E-state index in [1.54, 1.807) is 44.2 Å². The summed E-state index contributed by atoms with van der Waals surface area (Å²) in [5, 5.41) is 11.1. The van der Waals surface area contributed by atoms with E-state index in [-0.39, 0.29) is 24.5 Å². The molecule has 0 fully saturated rings. The molecule has 1 atom stereocenters. The van der Waals surface area contributed by atoms with Crippen molar-refractivity contribution >= 4 is 23.3 Å². The molecule has 0 saturated carbocycles. The summed E-state index contributed by atoms with van der Waals surface area (Å²) < 4.78 is 10.2. The monoisotopic (exact) mass is 357 g/mol. The van der Waals surface area contributed by atoms with E-state index in [2.05, 4.69) is 0 Å². The highest BCUT2D eigenvalue weighted by Gasteiger charge is 2.51. The molecule has 0 radical (unpaired) electrons. The van der Waals surface area contributed by atoms with Crippen molar-refractivity contribution in [3.05, 3.63) is 53.5 Å². The van der Waals surface area contributed by atoms with E-state index in [4.69, 9.17) is 9.15 Å². The third kappa shape index (κ3) is 3.01. The summed E-state index contributed by atoms with van der Waals surface area (Å²) in [6.45, 7) is 3.21. The van der Waals surface area contributed by atoms with Crippen LogP contribution in [0.4, 0.5) is 5.69 Å². The van der Waals surface area contributed by atoms with Crippen molar-refractivity contribution in [2.75, 3.05) is 18.1 Å². The number of anilines is 1. The molecule has 1 unspecified atom stereocenters. The van der Waals surface area contributed by atoms with E-state index in [0.29, 0.717) is 11.4 Å². The lowest BCUT2D eigenvalue weighted by Gasteiger charge is -2.21. The van der Waals surface area contributed by atoms with Crippen LogP contribution in [0.5, 0.6) is 0 Å². The molecule has 7 heteroatoms. The average molecular weight is 357 g/mol. The Hall–Kier alpha value is -2.93. The largest absolute Gasteiger partial charge is 0.465 e. The first-order valence-electron chi connectivity index (χ1n) is 8.26. The van der Waals surface area contributed by atoms with Crippen molar-refractivity contribution in [2.45, 2.75) is 25.9 Å². The van der Waals surface area contributed by atoms with Gasteiger partial charge < -0.3 is 14.3 Å². The summed E-state index contributed by atoms with van der Waals surface area (Å²) in [5.74, 6) is -1.19. The number of nitrogens with zero attached hydrogens (tertiary/aromatic N) is 1. The average Bonchev–Trinajstić information content (AvgIpc) is 3.12. The molecule has 1 amide bonds. The van der Waals surface area contributed by atoms with Crippen LogP contribution in [0.15, 0.2) is 40.8 Å². The molecular formula is C19H19NO6. The number of aryl methyl sites for hydroxylation is 1. The van der Waals surface area contributed by atoms with E-state index in [9.17, 15) is 19.5 Å². The molecule has 2 aromatic rings. The number of Topliss-reactive ketones (excluding diaryl/α,β-unsaturated/α-hetero) is 1. The number of para-hydroxylation sites is 1. The summed E-state index contributed by atoms with van der Waals surface area (Å²) in [4.78, 5) is 38.4. The number of hydrogen-bond acceptors (Lipinski definition) is 6. The third-order valence-electron chi connectivity index (χ3n) is 4.26. The van der Waals surface area contributed by atoms with Crippen LogP contribution in [-0.2, 0) is 19.9 Å². The maximum Gasteiger partial charge on any atom is 0.326 e. The van der Waals surface area contributed by atoms with Gasteiger partial charge in [0, 0.05) is 5.56 Å². The Bertz CT molecular complexity index is 870. The molecule has 0 spiro atoms. The van der Waals surface area contributed by atoms with Gasteiger partial charge in [0.1, 0.15) is 12.3 Å². The maximum atomic E-state index is 12.9. The van der Waals surface area contributed by atoms with Crippen molar-refractivity contribution in [3.8, 4) is 0 Å². The zero-order valence-electron chi connectivity index (χ0n) is 14.5. The zero-order chi connectivity index (χ0) is 18.9. The van der Waals surface area contributed by atoms with Crippen LogP contribution in [0.3, 0.4) is 0 Å². The number of carbonyl (C=O) groups excluding carboxylic acids is 3. The maximum absolute atomic E-state index is 12.9. The smallest absolute Gasteiger partial charge is 0.326 e. The van der Waals surface area contributed by atoms with Crippen LogP contribution < -0.4 is 4.90 Å². The lowest BCUT2D eigenvalue weighted by atomic mass is 9.89. The summed E-state index contributed by atoms with van der Waals surface area (Å²) >= 11 is 0. The fourth-order valence-electron chi connectivity index (χ4n) is 3.07. The molecule has 1 aliphatic heterocycles. The van der Waals surface area contributed by atoms with Gasteiger partial charge in [-0.1, -0.05) is 18.2 Å². The van der Waals surface area contributed by atoms with Crippen LogP contribution in [0.2, 0.25) is 0 Å². The minimum Gasteiger partial charge on any atom is -0.465 e. The number of esters is 1. The van der Waals surface area contributed by atoms with Crippen molar-refractivity contribution in [1.82, 2.24) is 0 Å². The molecule has 0 aliphatic carbocycles. The Balaban J connectivity index is 1.92. The first kappa shape index (κ1) is 17.9. The van der Waals surface area contributed by atoms with Crippen LogP contribution in [0, 0.1) is 6.92 Å². The minimum atomic E-state index is -2.05. The summed E-state index contributed by atoms with van der Waals surface area (Å²) in [7, 11) is 0. The van der Waals surface area contributed by atoms with E-state index >= 15 is 0 Å². The van der Waals surface area contributed by atoms with Gasteiger partial charge in [0.25, 0.3) is 5.91 Å². The Labute approximate surface area is 150 Å². The number of benzene rings is 1. The number of carbonyl (C=O) groups is 3. The molecule has 3 rings (SSSR count). The molecule has 0 bridgehead atoms. The Morgan fingerprint density at radius 2 is 1.96 bits per heavy atom. The van der Waals surface area contributed by atoms with Gasteiger partial charge >= 0.3 is 5.97 Å². The standard InChI is InChI=1S/C19H19NO6/c1-3-25-17(22)11-20-14-7-5-4-6-13(14)19(24,18(20)23)10-15(21)16-9-8-12(2)26-16/h4-9,24H,3,10-11H2,1-2H3. The van der Waals surface area contributed by atoms with E-state index in [0.717, 1.165) is 4.90 Å². The number of hydrogen-bond donors (Lipinski definition) is 1. The van der Waals surface area contributed by atoms with Gasteiger partial charge in [0.05, 0.1) is 18.7 Å². The fraction of sp³-hybridized carbons (Fsp3) is 0.316. The summed E-state index contributed by atoms with van der Waals surface area (Å²) in [6, 6.07) is 9.67. The normalized spacial score (nSPS) is 18.7. The van der Waals surface area contributed by atoms with E-state index in [1.165, 1.54) is 6.07 Å². The highest BCUT2D eigenvalue weighted by atomic mass is 16.5. The molecule has 1 aliphatic rings. The number of furan rings is 1. The van der Waals surface area contributed by atoms with Gasteiger partial charge in [-0.2, -0.15) is 0 Å². The topological polar surface area (TPSA) is 97.0 Å². The van der Waals surface area contributed by atoms with Gasteiger partial charge in [-0.3, -0.25) is 19.3 Å². The fourth-order valence-corrected chi connectivity index (χ4v) is 3.07. The minimum absolute atomic E-state index is 0.0741. The number of aliphatic hydroxyl groups is 1. The van der Waals surface area contributed by atoms with Crippen LogP contribution in [0.1, 0.15) is 35.2 Å². The summed E-state index contributed by atoms with van der Waals surface area (Å²) in [6.07, 6.45) is -0.477. The first-order valence-corrected chi connectivity index (χ1v) is 8.26. The van der Waals surface area contributed by atoms with Crippen molar-refractivity contribution in [2.24, 2.45) is 0 Å². The van der Waals surface area contributed by atoms with Gasteiger partial charge in [0.2, 0.25) is 5.78 Å². The van der Waals surface area contributed by atoms with Crippen LogP contribution >= 0.6 is 0 Å². The molecular weight excluding hydrogens is 338 g/mol. The number of ketones is 1. The lowest BCUT2D eigenvalue weighted by molar-refractivity contribution is -0.144.